The van der Waals surface area contributed by atoms with Gasteiger partial charge in [-0.3, -0.25) is 0 Å². The highest BCUT2D eigenvalue weighted by Gasteiger charge is 2.22. The van der Waals surface area contributed by atoms with E-state index >= 15 is 0 Å². The zero-order valence-corrected chi connectivity index (χ0v) is 5.27. The average molecular weight is 160 g/mol. The molecule has 11 heavy (non-hydrogen) atoms. The van der Waals surface area contributed by atoms with E-state index in [1.54, 1.807) is 0 Å². The number of furan rings is 1. The van der Waals surface area contributed by atoms with Crippen molar-refractivity contribution in [1.29, 1.82) is 0 Å². The molecule has 4 heteroatoms. The molecule has 0 aromatic carbocycles. The van der Waals surface area contributed by atoms with Gasteiger partial charge in [-0.15, -0.1) is 0 Å². The second kappa shape index (κ2) is 2.70. The summed E-state index contributed by atoms with van der Waals surface area (Å²) in [6.07, 6.45) is -3.19. The van der Waals surface area contributed by atoms with Crippen LogP contribution in [-0.2, 0) is 0 Å². The van der Waals surface area contributed by atoms with Crippen molar-refractivity contribution >= 4 is 0 Å². The molecule has 0 unspecified atom stereocenters. The van der Waals surface area contributed by atoms with Crippen molar-refractivity contribution in [1.82, 2.24) is 0 Å². The van der Waals surface area contributed by atoms with Crippen molar-refractivity contribution in [2.75, 3.05) is 0 Å². The number of alkyl halides is 3. The minimum atomic E-state index is -4.45. The molecule has 1 aromatic heterocycles. The second-order valence-corrected chi connectivity index (χ2v) is 1.73. The van der Waals surface area contributed by atoms with E-state index < -0.39 is 6.18 Å². The molecule has 0 radical (unpaired) electrons. The highest BCUT2D eigenvalue weighted by atomic mass is 19.4. The van der Waals surface area contributed by atoms with Crippen LogP contribution in [0.3, 0.4) is 0 Å². The molecular formula is C7H3F3O. The molecule has 0 aliphatic heterocycles. The van der Waals surface area contributed by atoms with Gasteiger partial charge in [0.15, 0.2) is 5.76 Å². The largest absolute Gasteiger partial charge is 0.458 e. The SMILES string of the molecule is FC(F)(F)C#Cc1ccco1. The minimum Gasteiger partial charge on any atom is -0.456 e. The first-order valence-electron chi connectivity index (χ1n) is 2.71. The molecule has 1 rings (SSSR count). The summed E-state index contributed by atoms with van der Waals surface area (Å²) in [6.45, 7) is 0. The van der Waals surface area contributed by atoms with Gasteiger partial charge in [-0.25, -0.2) is 0 Å². The Hall–Kier alpha value is -1.37. The van der Waals surface area contributed by atoms with E-state index in [-0.39, 0.29) is 5.76 Å². The number of halogens is 3. The third kappa shape index (κ3) is 2.80. The summed E-state index contributed by atoms with van der Waals surface area (Å²) in [5.74, 6) is 2.92. The summed E-state index contributed by atoms with van der Waals surface area (Å²) in [5, 5.41) is 0. The minimum absolute atomic E-state index is 0.0160. The summed E-state index contributed by atoms with van der Waals surface area (Å²) < 4.78 is 38.9. The number of rotatable bonds is 0. The molecule has 0 fully saturated rings. The topological polar surface area (TPSA) is 13.1 Å². The Bertz CT molecular complexity index is 273. The summed E-state index contributed by atoms with van der Waals surface area (Å²) in [4.78, 5) is 0. The third-order valence-corrected chi connectivity index (χ3v) is 0.849. The molecule has 1 aromatic rings. The van der Waals surface area contributed by atoms with E-state index in [1.807, 2.05) is 5.92 Å². The van der Waals surface area contributed by atoms with E-state index in [0.717, 1.165) is 5.92 Å². The summed E-state index contributed by atoms with van der Waals surface area (Å²) >= 11 is 0. The van der Waals surface area contributed by atoms with Gasteiger partial charge >= 0.3 is 6.18 Å². The van der Waals surface area contributed by atoms with Crippen LogP contribution in [0.4, 0.5) is 13.2 Å². The fourth-order valence-electron chi connectivity index (χ4n) is 0.482. The Morgan fingerprint density at radius 3 is 2.55 bits per heavy atom. The first-order valence-corrected chi connectivity index (χ1v) is 2.71. The predicted molar refractivity (Wildman–Crippen MR) is 31.6 cm³/mol. The van der Waals surface area contributed by atoms with Gasteiger partial charge < -0.3 is 4.42 Å². The highest BCUT2D eigenvalue weighted by Crippen LogP contribution is 2.12. The van der Waals surface area contributed by atoms with Crippen molar-refractivity contribution in [2.45, 2.75) is 6.18 Å². The molecule has 0 saturated carbocycles. The van der Waals surface area contributed by atoms with Gasteiger partial charge in [0.2, 0.25) is 0 Å². The van der Waals surface area contributed by atoms with E-state index in [4.69, 9.17) is 0 Å². The normalized spacial score (nSPS) is 10.5. The molecule has 0 N–H and O–H groups in total. The summed E-state index contributed by atoms with van der Waals surface area (Å²) in [7, 11) is 0. The molecule has 0 amide bonds. The van der Waals surface area contributed by atoms with Gasteiger partial charge in [0.1, 0.15) is 0 Å². The lowest BCUT2D eigenvalue weighted by Crippen LogP contribution is -2.01. The maximum Gasteiger partial charge on any atom is 0.458 e. The molecule has 0 aliphatic rings. The lowest BCUT2D eigenvalue weighted by molar-refractivity contribution is -0.0697. The van der Waals surface area contributed by atoms with E-state index in [1.165, 1.54) is 18.4 Å². The van der Waals surface area contributed by atoms with Gasteiger partial charge in [-0.2, -0.15) is 13.2 Å². The van der Waals surface area contributed by atoms with Gasteiger partial charge in [-0.05, 0) is 18.1 Å². The van der Waals surface area contributed by atoms with Crippen LogP contribution in [-0.4, -0.2) is 6.18 Å². The van der Waals surface area contributed by atoms with Crippen LogP contribution in [0.15, 0.2) is 22.8 Å². The molecule has 0 aliphatic carbocycles. The van der Waals surface area contributed by atoms with Crippen LogP contribution >= 0.6 is 0 Å². The standard InChI is InChI=1S/C7H3F3O/c8-7(9,10)4-3-6-2-1-5-11-6/h1-2,5H. The van der Waals surface area contributed by atoms with Crippen molar-refractivity contribution in [3.05, 3.63) is 24.2 Å². The average Bonchev–Trinajstić information content (AvgIpc) is 2.32. The zero-order chi connectivity index (χ0) is 8.32. The molecule has 1 nitrogen and oxygen atoms in total. The Kier molecular flexibility index (Phi) is 1.90. The van der Waals surface area contributed by atoms with Gasteiger partial charge in [0.25, 0.3) is 0 Å². The van der Waals surface area contributed by atoms with Crippen molar-refractivity contribution in [3.63, 3.8) is 0 Å². The van der Waals surface area contributed by atoms with Crippen molar-refractivity contribution in [2.24, 2.45) is 0 Å². The molecule has 0 bridgehead atoms. The molecule has 0 saturated heterocycles. The zero-order valence-electron chi connectivity index (χ0n) is 5.27. The molecule has 1 heterocycles. The summed E-state index contributed by atoms with van der Waals surface area (Å²) in [5.41, 5.74) is 0. The fraction of sp³-hybridized carbons (Fsp3) is 0.143. The lowest BCUT2D eigenvalue weighted by Gasteiger charge is -1.90. The van der Waals surface area contributed by atoms with Gasteiger partial charge in [0.05, 0.1) is 6.26 Å². The Morgan fingerprint density at radius 2 is 2.09 bits per heavy atom. The predicted octanol–water partition coefficient (Wildman–Crippen LogP) is 2.19. The first kappa shape index (κ1) is 7.73. The van der Waals surface area contributed by atoms with E-state index in [2.05, 4.69) is 4.42 Å². The number of hydrogen-bond donors (Lipinski definition) is 0. The van der Waals surface area contributed by atoms with E-state index in [9.17, 15) is 13.2 Å². The van der Waals surface area contributed by atoms with Gasteiger partial charge in [0, 0.05) is 5.92 Å². The first-order chi connectivity index (χ1) is 5.08. The maximum atomic E-state index is 11.4. The lowest BCUT2D eigenvalue weighted by atomic mass is 10.4. The Morgan fingerprint density at radius 1 is 1.36 bits per heavy atom. The fourth-order valence-corrected chi connectivity index (χ4v) is 0.482. The number of hydrogen-bond acceptors (Lipinski definition) is 1. The molecule has 0 spiro atoms. The maximum absolute atomic E-state index is 11.4. The Labute approximate surface area is 60.8 Å². The third-order valence-electron chi connectivity index (χ3n) is 0.849. The smallest absolute Gasteiger partial charge is 0.456 e. The van der Waals surface area contributed by atoms with Crippen molar-refractivity contribution in [3.8, 4) is 11.8 Å². The molecular weight excluding hydrogens is 157 g/mol. The van der Waals surface area contributed by atoms with E-state index in [0.29, 0.717) is 0 Å². The van der Waals surface area contributed by atoms with Crippen LogP contribution < -0.4 is 0 Å². The van der Waals surface area contributed by atoms with Crippen LogP contribution in [0.1, 0.15) is 5.76 Å². The van der Waals surface area contributed by atoms with Crippen LogP contribution in [0.5, 0.6) is 0 Å². The van der Waals surface area contributed by atoms with Crippen LogP contribution in [0.25, 0.3) is 0 Å². The van der Waals surface area contributed by atoms with Crippen molar-refractivity contribution < 1.29 is 17.6 Å². The quantitative estimate of drug-likeness (QED) is 0.530. The molecule has 0 atom stereocenters. The molecule has 58 valence electrons. The van der Waals surface area contributed by atoms with Crippen LogP contribution in [0, 0.1) is 11.8 Å². The monoisotopic (exact) mass is 160 g/mol. The van der Waals surface area contributed by atoms with Crippen LogP contribution in [0.2, 0.25) is 0 Å². The highest BCUT2D eigenvalue weighted by molar-refractivity contribution is 5.25. The van der Waals surface area contributed by atoms with Gasteiger partial charge in [-0.1, -0.05) is 0 Å². The summed E-state index contributed by atoms with van der Waals surface area (Å²) in [6, 6.07) is 2.83. The second-order valence-electron chi connectivity index (χ2n) is 1.73. The Balaban J connectivity index is 2.74.